The summed E-state index contributed by atoms with van der Waals surface area (Å²) in [5.41, 5.74) is 5.24. The highest BCUT2D eigenvalue weighted by Crippen LogP contribution is 2.61. The fourth-order valence-corrected chi connectivity index (χ4v) is 13.4. The van der Waals surface area contributed by atoms with Gasteiger partial charge in [-0.1, -0.05) is 53.5 Å². The van der Waals surface area contributed by atoms with Crippen molar-refractivity contribution >= 4 is 27.5 Å². The number of ether oxygens (including phenoxy) is 9. The molecule has 0 spiro atoms. The van der Waals surface area contributed by atoms with Gasteiger partial charge in [-0.25, -0.2) is 9.13 Å². The SMILES string of the molecule is CC(=O)N[C@H]1[C@H](O[C@H]2[C@H](O)[C@@H](NC(C)=O)[C@@H](OP(=O)(O)OP(=O)(O)OCCC(C)CC/C=C(\C)CC/C=C(\C)CC/C=C(\C)CCC=C(C)C)O[C@@H]2CO)O[C@H](CO)[C@@H](O[C@@H]2O[C@H](CO[C@H]3O[C@H](CO)[C@@H](O)[C@H](O)[C@@H]3O)[C@@H](O)[C@H](O[C@H]3O[C@H](CO)[C@@H](O)[C@H](O)[C@@H]3O)[C@@H]2O)[C@@H]1O. The lowest BCUT2D eigenvalue weighted by Gasteiger charge is -2.50. The zero-order valence-corrected chi connectivity index (χ0v) is 56.3. The number of amides is 2. The van der Waals surface area contributed by atoms with E-state index in [2.05, 4.69) is 73.9 Å². The van der Waals surface area contributed by atoms with Crippen molar-refractivity contribution in [1.82, 2.24) is 10.6 Å². The minimum absolute atomic E-state index is 0.0367. The van der Waals surface area contributed by atoms with Crippen molar-refractivity contribution in [3.63, 3.8) is 0 Å². The molecule has 5 fully saturated rings. The molecule has 34 nitrogen and oxygen atoms in total. The highest BCUT2D eigenvalue weighted by molar-refractivity contribution is 7.61. The Morgan fingerprint density at radius 1 is 0.453 bits per heavy atom. The summed E-state index contributed by atoms with van der Waals surface area (Å²) < 4.78 is 92.9. The third kappa shape index (κ3) is 24.5. The Labute approximate surface area is 551 Å². The van der Waals surface area contributed by atoms with Gasteiger partial charge < -0.3 is 135 Å². The molecule has 3 unspecified atom stereocenters. The average Bonchev–Trinajstić information content (AvgIpc) is 0.774. The highest BCUT2D eigenvalue weighted by Gasteiger charge is 2.57. The number of carbonyl (C=O) groups excluding carboxylic acids is 2. The summed E-state index contributed by atoms with van der Waals surface area (Å²) in [7, 11) is -11.2. The second-order valence-corrected chi connectivity index (χ2v) is 27.9. The molecule has 5 aliphatic rings. The number of allylic oxidation sites excluding steroid dienone is 8. The molecule has 550 valence electrons. The number of aliphatic hydroxyl groups excluding tert-OH is 14. The largest absolute Gasteiger partial charge is 0.483 e. The summed E-state index contributed by atoms with van der Waals surface area (Å²) in [6.07, 6.45) is -29.0. The molecule has 5 heterocycles. The van der Waals surface area contributed by atoms with Crippen LogP contribution in [-0.4, -0.2) is 286 Å². The molecule has 5 saturated heterocycles. The number of nitrogens with one attached hydrogen (secondary N) is 2. The summed E-state index contributed by atoms with van der Waals surface area (Å²) in [6, 6.07) is -3.84. The molecule has 28 atom stereocenters. The van der Waals surface area contributed by atoms with Gasteiger partial charge in [-0.3, -0.25) is 18.6 Å². The maximum atomic E-state index is 13.4. The second-order valence-electron chi connectivity index (χ2n) is 24.9. The molecule has 0 aliphatic carbocycles. The third-order valence-corrected chi connectivity index (χ3v) is 19.3. The monoisotopic (exact) mass is 1410 g/mol. The molecular weight excluding hydrogens is 1310 g/mol. The summed E-state index contributed by atoms with van der Waals surface area (Å²) in [5, 5.41) is 156. The summed E-state index contributed by atoms with van der Waals surface area (Å²) in [6.45, 7) is 8.99. The fraction of sp³-hybridized carbons (Fsp3) is 0.831. The summed E-state index contributed by atoms with van der Waals surface area (Å²) in [4.78, 5) is 46.7. The molecule has 36 heteroatoms. The van der Waals surface area contributed by atoms with Crippen LogP contribution in [0.5, 0.6) is 0 Å². The van der Waals surface area contributed by atoms with Crippen LogP contribution in [0.25, 0.3) is 0 Å². The predicted molar refractivity (Wildman–Crippen MR) is 327 cm³/mol. The molecule has 0 aromatic carbocycles. The molecule has 0 aromatic rings. The van der Waals surface area contributed by atoms with Crippen LogP contribution in [-0.2, 0) is 74.7 Å². The van der Waals surface area contributed by atoms with Crippen molar-refractivity contribution in [2.75, 3.05) is 39.6 Å². The minimum Gasteiger partial charge on any atom is -0.394 e. The van der Waals surface area contributed by atoms with Crippen LogP contribution in [0.3, 0.4) is 0 Å². The lowest BCUT2D eigenvalue weighted by molar-refractivity contribution is -0.383. The number of carbonyl (C=O) groups is 2. The normalized spacial score (nSPS) is 38.4. The Kier molecular flexibility index (Phi) is 33.9. The van der Waals surface area contributed by atoms with Crippen molar-refractivity contribution in [3.8, 4) is 0 Å². The van der Waals surface area contributed by atoms with Crippen LogP contribution in [0.2, 0.25) is 0 Å². The molecule has 0 bridgehead atoms. The van der Waals surface area contributed by atoms with E-state index in [4.69, 9.17) is 51.7 Å². The quantitative estimate of drug-likeness (QED) is 0.0232. The van der Waals surface area contributed by atoms with Gasteiger partial charge in [-0.15, -0.1) is 0 Å². The van der Waals surface area contributed by atoms with E-state index in [0.29, 0.717) is 12.8 Å². The Morgan fingerprint density at radius 2 is 0.863 bits per heavy atom. The third-order valence-electron chi connectivity index (χ3n) is 16.7. The van der Waals surface area contributed by atoms with Crippen LogP contribution >= 0.6 is 15.6 Å². The van der Waals surface area contributed by atoms with Gasteiger partial charge in [0.1, 0.15) is 122 Å². The van der Waals surface area contributed by atoms with E-state index in [1.165, 1.54) is 22.3 Å². The molecule has 95 heavy (non-hydrogen) atoms. The number of phosphoric ester groups is 2. The average molecular weight is 1410 g/mol. The van der Waals surface area contributed by atoms with Crippen molar-refractivity contribution < 1.29 is 156 Å². The first-order valence-electron chi connectivity index (χ1n) is 31.6. The smallest absolute Gasteiger partial charge is 0.394 e. The number of hydrogen-bond acceptors (Lipinski definition) is 30. The molecule has 5 aliphatic heterocycles. The second kappa shape index (κ2) is 38.9. The zero-order chi connectivity index (χ0) is 70.8. The van der Waals surface area contributed by atoms with Crippen molar-refractivity contribution in [3.05, 3.63) is 46.6 Å². The summed E-state index contributed by atoms with van der Waals surface area (Å²) >= 11 is 0. The Morgan fingerprint density at radius 3 is 1.36 bits per heavy atom. The Balaban J connectivity index is 1.24. The number of aliphatic hydroxyl groups is 14. The lowest BCUT2D eigenvalue weighted by atomic mass is 9.94. The van der Waals surface area contributed by atoms with E-state index in [1.54, 1.807) is 0 Å². The molecule has 0 saturated carbocycles. The van der Waals surface area contributed by atoms with Crippen molar-refractivity contribution in [2.45, 2.75) is 267 Å². The van der Waals surface area contributed by atoms with Crippen molar-refractivity contribution in [2.24, 2.45) is 5.92 Å². The van der Waals surface area contributed by atoms with Crippen LogP contribution in [0, 0.1) is 5.92 Å². The van der Waals surface area contributed by atoms with E-state index >= 15 is 0 Å². The first-order valence-corrected chi connectivity index (χ1v) is 34.6. The van der Waals surface area contributed by atoms with E-state index in [9.17, 15) is 100.0 Å². The maximum Gasteiger partial charge on any atom is 0.483 e. The Hall–Kier alpha value is -2.76. The van der Waals surface area contributed by atoms with E-state index in [-0.39, 0.29) is 12.3 Å². The molecule has 2 amide bonds. The number of phosphoric acid groups is 2. The fourth-order valence-electron chi connectivity index (χ4n) is 11.2. The van der Waals surface area contributed by atoms with Crippen LogP contribution in [0.4, 0.5) is 0 Å². The molecule has 0 radical (unpaired) electrons. The number of rotatable bonds is 35. The molecule has 5 rings (SSSR count). The highest BCUT2D eigenvalue weighted by atomic mass is 31.3. The summed E-state index contributed by atoms with van der Waals surface area (Å²) in [5.74, 6) is -1.87. The lowest BCUT2D eigenvalue weighted by Crippen LogP contribution is -2.70. The molecule has 18 N–H and O–H groups in total. The first-order chi connectivity index (χ1) is 44.7. The Bertz CT molecular complexity index is 2600. The van der Waals surface area contributed by atoms with Gasteiger partial charge in [0.05, 0.1) is 39.6 Å². The maximum absolute atomic E-state index is 13.4. The van der Waals surface area contributed by atoms with Crippen LogP contribution < -0.4 is 10.6 Å². The van der Waals surface area contributed by atoms with Gasteiger partial charge in [-0.2, -0.15) is 4.31 Å². The van der Waals surface area contributed by atoms with Gasteiger partial charge in [-0.05, 0) is 98.3 Å². The van der Waals surface area contributed by atoms with E-state index < -0.39 is 221 Å². The van der Waals surface area contributed by atoms with Gasteiger partial charge >= 0.3 is 15.6 Å². The number of hydrogen-bond donors (Lipinski definition) is 18. The van der Waals surface area contributed by atoms with E-state index in [0.717, 1.165) is 52.4 Å². The molecule has 0 aromatic heterocycles. The van der Waals surface area contributed by atoms with Gasteiger partial charge in [0, 0.05) is 13.8 Å². The van der Waals surface area contributed by atoms with Crippen LogP contribution in [0.15, 0.2) is 46.6 Å². The minimum atomic E-state index is -5.79. The van der Waals surface area contributed by atoms with Crippen LogP contribution in [0.1, 0.15) is 113 Å². The topological polar surface area (TPSA) is 527 Å². The van der Waals surface area contributed by atoms with Gasteiger partial charge in [0.2, 0.25) is 11.8 Å². The first kappa shape index (κ1) is 82.9. The van der Waals surface area contributed by atoms with Crippen molar-refractivity contribution in [1.29, 1.82) is 0 Å². The van der Waals surface area contributed by atoms with Gasteiger partial charge in [0.15, 0.2) is 31.5 Å². The van der Waals surface area contributed by atoms with Gasteiger partial charge in [0.25, 0.3) is 0 Å². The zero-order valence-electron chi connectivity index (χ0n) is 54.5. The molecular formula is C59H102N2O32P2. The van der Waals surface area contributed by atoms with E-state index in [1.807, 2.05) is 6.92 Å². The predicted octanol–water partition coefficient (Wildman–Crippen LogP) is -2.43. The standard InChI is InChI=1S/C59H102N2O32P2/c1-28(2)13-9-14-29(3)15-10-16-30(4)17-11-18-31(5)19-12-20-32(6)21-22-83-94(78,79)93-95(80,81)92-56-41(61-34(8)67)46(72)52(38(26-65)87-56)89-55-40(60-33(7)66)45(71)53(37(25-64)86-55)90-59-51(77)54(91-58-50(76)48(74)43(69)36(24-63)85-58)44(70)39(88-59)27-82-57-49(75)47(73)42(68)35(23-62)84-57/h13,15,17,19,32,35-59,62-65,68-77H,9-12,14,16,18,20-27H2,1-8H3,(H,60,66)(H,61,67)(H,78,79)(H,80,81)/b29-15+,30-17+,31-19+/t32?,35-,36-,37-,38-,39-,40-,41-,42-,43-,44-,45-,46-,47+,48+,49+,50+,51+,52-,53-,54+,55+,56-,57+,58-,59+/m1/s1.